The fraction of sp³-hybridized carbons (Fsp3) is 0.400. The minimum Gasteiger partial charge on any atom is -0.480 e. The highest BCUT2D eigenvalue weighted by molar-refractivity contribution is 7.99. The van der Waals surface area contributed by atoms with E-state index in [0.717, 1.165) is 0 Å². The third kappa shape index (κ3) is 2.20. The molecule has 1 N–H and O–H groups in total. The van der Waals surface area contributed by atoms with Crippen LogP contribution in [0, 0.1) is 0 Å². The van der Waals surface area contributed by atoms with E-state index in [2.05, 4.69) is 0 Å². The van der Waals surface area contributed by atoms with E-state index < -0.39 is 12.0 Å². The molecule has 2 heterocycles. The Morgan fingerprint density at radius 3 is 2.67 bits per heavy atom. The monoisotopic (exact) mass is 308 g/mol. The third-order valence-electron chi connectivity index (χ3n) is 2.76. The molecule has 0 aromatic carbocycles. The van der Waals surface area contributed by atoms with E-state index in [0.29, 0.717) is 17.3 Å². The number of aromatic nitrogens is 1. The van der Waals surface area contributed by atoms with E-state index >= 15 is 0 Å². The first-order valence-corrected chi connectivity index (χ1v) is 6.96. The zero-order chi connectivity index (χ0) is 13.4. The molecule has 1 atom stereocenters. The van der Waals surface area contributed by atoms with Crippen LogP contribution in [0.4, 0.5) is 0 Å². The van der Waals surface area contributed by atoms with Crippen LogP contribution < -0.4 is 0 Å². The minimum atomic E-state index is -1.00. The van der Waals surface area contributed by atoms with E-state index in [-0.39, 0.29) is 16.1 Å². The van der Waals surface area contributed by atoms with Crippen LogP contribution in [0.5, 0.6) is 0 Å². The van der Waals surface area contributed by atoms with Crippen molar-refractivity contribution in [2.45, 2.75) is 6.04 Å². The van der Waals surface area contributed by atoms with Crippen LogP contribution in [0.1, 0.15) is 10.5 Å². The Morgan fingerprint density at radius 1 is 1.50 bits per heavy atom. The van der Waals surface area contributed by atoms with Crippen molar-refractivity contribution in [1.29, 1.82) is 0 Å². The molecule has 1 fully saturated rings. The van der Waals surface area contributed by atoms with Crippen LogP contribution in [0.25, 0.3) is 0 Å². The van der Waals surface area contributed by atoms with Gasteiger partial charge in [0, 0.05) is 12.8 Å². The summed E-state index contributed by atoms with van der Waals surface area (Å²) in [5, 5.41) is 9.58. The number of carbonyl (C=O) groups excluding carboxylic acids is 1. The second-order valence-electron chi connectivity index (χ2n) is 3.86. The summed E-state index contributed by atoms with van der Waals surface area (Å²) in [5.74, 6) is -0.619. The number of hydrogen-bond donors (Lipinski definition) is 1. The molecule has 98 valence electrons. The van der Waals surface area contributed by atoms with E-state index in [4.69, 9.17) is 28.3 Å². The second kappa shape index (κ2) is 5.03. The molecule has 8 heteroatoms. The van der Waals surface area contributed by atoms with Gasteiger partial charge in [-0.25, -0.2) is 4.79 Å². The highest BCUT2D eigenvalue weighted by Gasteiger charge is 2.36. The van der Waals surface area contributed by atoms with E-state index in [1.807, 2.05) is 0 Å². The number of nitrogens with zero attached hydrogens (tertiary/aromatic N) is 2. The SMILES string of the molecule is Cn1c(C(=O)N2CSCC2C(=O)O)cc(Cl)c1Cl. The Hall–Kier alpha value is -0.850. The van der Waals surface area contributed by atoms with Crippen molar-refractivity contribution in [2.75, 3.05) is 11.6 Å². The van der Waals surface area contributed by atoms with E-state index in [1.54, 1.807) is 7.05 Å². The van der Waals surface area contributed by atoms with Gasteiger partial charge in [-0.2, -0.15) is 0 Å². The van der Waals surface area contributed by atoms with Gasteiger partial charge in [0.1, 0.15) is 16.9 Å². The summed E-state index contributed by atoms with van der Waals surface area (Å²) in [6.07, 6.45) is 0. The number of hydrogen-bond acceptors (Lipinski definition) is 3. The molecule has 1 amide bonds. The van der Waals surface area contributed by atoms with Crippen LogP contribution in [0.3, 0.4) is 0 Å². The molecule has 0 saturated carbocycles. The topological polar surface area (TPSA) is 62.5 Å². The van der Waals surface area contributed by atoms with Gasteiger partial charge in [0.15, 0.2) is 0 Å². The molecule has 1 aliphatic rings. The summed E-state index contributed by atoms with van der Waals surface area (Å²) in [7, 11) is 1.61. The van der Waals surface area contributed by atoms with Gasteiger partial charge in [0.2, 0.25) is 0 Å². The summed E-state index contributed by atoms with van der Waals surface area (Å²) in [6.45, 7) is 0. The predicted molar refractivity (Wildman–Crippen MR) is 70.4 cm³/mol. The molecule has 1 aliphatic heterocycles. The van der Waals surface area contributed by atoms with Gasteiger partial charge in [-0.1, -0.05) is 23.2 Å². The van der Waals surface area contributed by atoms with Crippen molar-refractivity contribution in [3.63, 3.8) is 0 Å². The Kier molecular flexibility index (Phi) is 3.79. The van der Waals surface area contributed by atoms with E-state index in [9.17, 15) is 9.59 Å². The molecule has 0 bridgehead atoms. The highest BCUT2D eigenvalue weighted by atomic mass is 35.5. The largest absolute Gasteiger partial charge is 0.480 e. The molecule has 1 aromatic rings. The van der Waals surface area contributed by atoms with Crippen molar-refractivity contribution in [1.82, 2.24) is 9.47 Å². The third-order valence-corrected chi connectivity index (χ3v) is 4.62. The Morgan fingerprint density at radius 2 is 2.17 bits per heavy atom. The number of aliphatic carboxylic acids is 1. The average Bonchev–Trinajstić information content (AvgIpc) is 2.89. The number of carboxylic acid groups (broad SMARTS) is 1. The first-order valence-electron chi connectivity index (χ1n) is 5.05. The van der Waals surface area contributed by atoms with Gasteiger partial charge in [-0.3, -0.25) is 4.79 Å². The molecule has 0 radical (unpaired) electrons. The number of rotatable bonds is 2. The lowest BCUT2D eigenvalue weighted by Crippen LogP contribution is -2.42. The number of carbonyl (C=O) groups is 2. The zero-order valence-corrected chi connectivity index (χ0v) is 11.7. The number of thioether (sulfide) groups is 1. The molecule has 1 unspecified atom stereocenters. The summed E-state index contributed by atoms with van der Waals surface area (Å²) < 4.78 is 1.45. The summed E-state index contributed by atoms with van der Waals surface area (Å²) in [5.41, 5.74) is 0.291. The zero-order valence-electron chi connectivity index (χ0n) is 9.39. The quantitative estimate of drug-likeness (QED) is 0.907. The number of carboxylic acids is 1. The van der Waals surface area contributed by atoms with E-state index in [1.165, 1.54) is 27.3 Å². The first-order chi connectivity index (χ1) is 8.43. The minimum absolute atomic E-state index is 0.263. The van der Waals surface area contributed by atoms with Crippen molar-refractivity contribution >= 4 is 46.8 Å². The maximum atomic E-state index is 12.3. The van der Waals surface area contributed by atoms with Crippen molar-refractivity contribution < 1.29 is 14.7 Å². The normalized spacial score (nSPS) is 19.3. The highest BCUT2D eigenvalue weighted by Crippen LogP contribution is 2.28. The molecular weight excluding hydrogens is 299 g/mol. The van der Waals surface area contributed by atoms with Gasteiger partial charge in [-0.15, -0.1) is 11.8 Å². The maximum absolute atomic E-state index is 12.3. The molecule has 0 aliphatic carbocycles. The number of amides is 1. The summed E-state index contributed by atoms with van der Waals surface area (Å²) >= 11 is 13.1. The van der Waals surface area contributed by atoms with Gasteiger partial charge >= 0.3 is 5.97 Å². The van der Waals surface area contributed by atoms with Crippen molar-refractivity contribution in [2.24, 2.45) is 7.05 Å². The first kappa shape index (κ1) is 13.6. The van der Waals surface area contributed by atoms with Crippen LogP contribution in [-0.4, -0.2) is 44.1 Å². The fourth-order valence-corrected chi connectivity index (χ4v) is 3.26. The molecule has 0 spiro atoms. The lowest BCUT2D eigenvalue weighted by atomic mass is 10.2. The molecular formula is C10H10Cl2N2O3S. The number of halogens is 2. The Balaban J connectivity index is 2.31. The lowest BCUT2D eigenvalue weighted by molar-refractivity contribution is -0.140. The van der Waals surface area contributed by atoms with Crippen LogP contribution in [0.2, 0.25) is 10.2 Å². The Bertz CT molecular complexity index is 517. The van der Waals surface area contributed by atoms with Crippen molar-refractivity contribution in [3.8, 4) is 0 Å². The van der Waals surface area contributed by atoms with Crippen LogP contribution >= 0.6 is 35.0 Å². The second-order valence-corrected chi connectivity index (χ2v) is 5.62. The summed E-state index contributed by atoms with van der Waals surface area (Å²) in [6, 6.07) is 0.656. The average molecular weight is 309 g/mol. The van der Waals surface area contributed by atoms with Gasteiger partial charge < -0.3 is 14.6 Å². The molecule has 18 heavy (non-hydrogen) atoms. The van der Waals surface area contributed by atoms with Gasteiger partial charge in [0.05, 0.1) is 10.9 Å². The lowest BCUT2D eigenvalue weighted by Gasteiger charge is -2.20. The standard InChI is InChI=1S/C10H10Cl2N2O3S/c1-13-6(2-5(11)8(13)12)9(15)14-4-18-3-7(14)10(16)17/h2,7H,3-4H2,1H3,(H,16,17). The van der Waals surface area contributed by atoms with Crippen LogP contribution in [-0.2, 0) is 11.8 Å². The van der Waals surface area contributed by atoms with Gasteiger partial charge in [0.25, 0.3) is 5.91 Å². The predicted octanol–water partition coefficient (Wildman–Crippen LogP) is 1.93. The molecule has 1 aromatic heterocycles. The van der Waals surface area contributed by atoms with Gasteiger partial charge in [-0.05, 0) is 6.07 Å². The molecule has 2 rings (SSSR count). The smallest absolute Gasteiger partial charge is 0.327 e. The fourth-order valence-electron chi connectivity index (χ4n) is 1.74. The molecule has 1 saturated heterocycles. The molecule has 5 nitrogen and oxygen atoms in total. The van der Waals surface area contributed by atoms with Crippen molar-refractivity contribution in [3.05, 3.63) is 21.9 Å². The summed E-state index contributed by atoms with van der Waals surface area (Å²) in [4.78, 5) is 24.6. The van der Waals surface area contributed by atoms with Crippen LogP contribution in [0.15, 0.2) is 6.07 Å². The Labute approximate surface area is 118 Å². The maximum Gasteiger partial charge on any atom is 0.327 e.